The van der Waals surface area contributed by atoms with Gasteiger partial charge in [-0.2, -0.15) is 0 Å². The Kier molecular flexibility index (Phi) is 6.45. The molecule has 1 fully saturated rings. The maximum Gasteiger partial charge on any atom is 0.254 e. The van der Waals surface area contributed by atoms with Gasteiger partial charge in [0, 0.05) is 18.7 Å². The molecule has 5 heteroatoms. The number of rotatable bonds is 6. The molecule has 0 saturated heterocycles. The Balaban J connectivity index is 1.71. The number of hydrogen-bond acceptors (Lipinski definition) is 4. The van der Waals surface area contributed by atoms with Crippen molar-refractivity contribution in [3.63, 3.8) is 0 Å². The first kappa shape index (κ1) is 20.1. The molecule has 1 aliphatic carbocycles. The number of carbonyl (C=O) groups is 1. The van der Waals surface area contributed by atoms with Crippen LogP contribution >= 0.6 is 0 Å². The van der Waals surface area contributed by atoms with Crippen molar-refractivity contribution in [3.05, 3.63) is 53.6 Å². The van der Waals surface area contributed by atoms with Gasteiger partial charge in [0.05, 0.1) is 21.3 Å². The number of benzene rings is 2. The summed E-state index contributed by atoms with van der Waals surface area (Å²) in [7, 11) is 6.55. The molecule has 2 aromatic rings. The molecule has 0 bridgehead atoms. The number of ether oxygens (including phenoxy) is 3. The van der Waals surface area contributed by atoms with Gasteiger partial charge in [0.2, 0.25) is 5.75 Å². The number of nitrogens with zero attached hydrogens (tertiary/aromatic N) is 1. The van der Waals surface area contributed by atoms with Crippen molar-refractivity contribution in [1.29, 1.82) is 0 Å². The normalized spacial score (nSPS) is 19.0. The summed E-state index contributed by atoms with van der Waals surface area (Å²) in [5, 5.41) is 0. The predicted octanol–water partition coefficient (Wildman–Crippen LogP) is 4.51. The lowest BCUT2D eigenvalue weighted by Crippen LogP contribution is -2.39. The number of methoxy groups -OCH3 is 3. The Hall–Kier alpha value is -2.69. The van der Waals surface area contributed by atoms with Crippen LogP contribution in [0, 0.1) is 0 Å². The van der Waals surface area contributed by atoms with Crippen molar-refractivity contribution in [2.45, 2.75) is 37.6 Å². The van der Waals surface area contributed by atoms with Crippen molar-refractivity contribution in [2.75, 3.05) is 28.4 Å². The topological polar surface area (TPSA) is 48.0 Å². The van der Waals surface area contributed by atoms with Crippen molar-refractivity contribution in [3.8, 4) is 17.2 Å². The standard InChI is InChI=1S/C23H29NO4/c1-24(19-12-10-17(11-13-19)16-8-6-5-7-9-16)23(25)18-14-20(26-2)22(28-4)21(15-18)27-3/h5-9,14-15,17,19H,10-13H2,1-4H3. The lowest BCUT2D eigenvalue weighted by Gasteiger charge is -2.35. The summed E-state index contributed by atoms with van der Waals surface area (Å²) >= 11 is 0. The summed E-state index contributed by atoms with van der Waals surface area (Å²) in [6.07, 6.45) is 4.21. The maximum absolute atomic E-state index is 13.1. The lowest BCUT2D eigenvalue weighted by molar-refractivity contribution is 0.0688. The zero-order chi connectivity index (χ0) is 20.1. The highest BCUT2D eigenvalue weighted by molar-refractivity contribution is 5.95. The van der Waals surface area contributed by atoms with Gasteiger partial charge < -0.3 is 19.1 Å². The smallest absolute Gasteiger partial charge is 0.254 e. The molecule has 0 radical (unpaired) electrons. The lowest BCUT2D eigenvalue weighted by atomic mass is 9.81. The first-order chi connectivity index (χ1) is 13.6. The molecule has 2 aromatic carbocycles. The summed E-state index contributed by atoms with van der Waals surface area (Å²) in [5.74, 6) is 2.04. The number of hydrogen-bond donors (Lipinski definition) is 0. The molecule has 0 atom stereocenters. The Morgan fingerprint density at radius 2 is 1.46 bits per heavy atom. The SMILES string of the molecule is COc1cc(C(=O)N(C)C2CCC(c3ccccc3)CC2)cc(OC)c1OC. The van der Waals surface area contributed by atoms with Crippen molar-refractivity contribution < 1.29 is 19.0 Å². The molecule has 0 N–H and O–H groups in total. The van der Waals surface area contributed by atoms with E-state index in [-0.39, 0.29) is 11.9 Å². The van der Waals surface area contributed by atoms with Crippen molar-refractivity contribution in [2.24, 2.45) is 0 Å². The van der Waals surface area contributed by atoms with E-state index < -0.39 is 0 Å². The largest absolute Gasteiger partial charge is 0.493 e. The minimum Gasteiger partial charge on any atom is -0.493 e. The van der Waals surface area contributed by atoms with Gasteiger partial charge in [-0.05, 0) is 49.3 Å². The predicted molar refractivity (Wildman–Crippen MR) is 110 cm³/mol. The first-order valence-corrected chi connectivity index (χ1v) is 9.71. The van der Waals surface area contributed by atoms with E-state index in [4.69, 9.17) is 14.2 Å². The maximum atomic E-state index is 13.1. The van der Waals surface area contributed by atoms with Crippen LogP contribution < -0.4 is 14.2 Å². The van der Waals surface area contributed by atoms with Gasteiger partial charge in [0.25, 0.3) is 5.91 Å². The highest BCUT2D eigenvalue weighted by Crippen LogP contribution is 2.39. The zero-order valence-corrected chi connectivity index (χ0v) is 17.1. The fraction of sp³-hybridized carbons (Fsp3) is 0.435. The minimum atomic E-state index is -0.0255. The molecule has 0 aromatic heterocycles. The third kappa shape index (κ3) is 4.08. The van der Waals surface area contributed by atoms with Gasteiger partial charge >= 0.3 is 0 Å². The number of carbonyl (C=O) groups excluding carboxylic acids is 1. The van der Waals surface area contributed by atoms with E-state index >= 15 is 0 Å². The molecular weight excluding hydrogens is 354 g/mol. The Morgan fingerprint density at radius 3 is 1.96 bits per heavy atom. The average Bonchev–Trinajstić information content (AvgIpc) is 2.77. The fourth-order valence-corrected chi connectivity index (χ4v) is 4.10. The summed E-state index contributed by atoms with van der Waals surface area (Å²) in [6.45, 7) is 0. The molecule has 1 amide bonds. The molecule has 150 valence electrons. The van der Waals surface area contributed by atoms with Crippen LogP contribution in [0.3, 0.4) is 0 Å². The monoisotopic (exact) mass is 383 g/mol. The van der Waals surface area contributed by atoms with Crippen LogP contribution in [0.2, 0.25) is 0 Å². The fourth-order valence-electron chi connectivity index (χ4n) is 4.10. The second-order valence-electron chi connectivity index (χ2n) is 7.25. The van der Waals surface area contributed by atoms with E-state index in [1.54, 1.807) is 33.5 Å². The number of amides is 1. The third-order valence-corrected chi connectivity index (χ3v) is 5.75. The average molecular weight is 383 g/mol. The van der Waals surface area contributed by atoms with E-state index in [0.717, 1.165) is 25.7 Å². The molecule has 0 spiro atoms. The van der Waals surface area contributed by atoms with Crippen LogP contribution in [0.1, 0.15) is 47.5 Å². The van der Waals surface area contributed by atoms with Crippen LogP contribution in [-0.4, -0.2) is 45.2 Å². The van der Waals surface area contributed by atoms with Gasteiger partial charge in [0.15, 0.2) is 11.5 Å². The molecule has 0 aliphatic heterocycles. The highest BCUT2D eigenvalue weighted by Gasteiger charge is 2.28. The van der Waals surface area contributed by atoms with Crippen LogP contribution in [0.25, 0.3) is 0 Å². The van der Waals surface area contributed by atoms with E-state index in [1.807, 2.05) is 11.9 Å². The molecule has 0 unspecified atom stereocenters. The van der Waals surface area contributed by atoms with Crippen LogP contribution in [-0.2, 0) is 0 Å². The molecule has 0 heterocycles. The second kappa shape index (κ2) is 9.00. The van der Waals surface area contributed by atoms with E-state index in [9.17, 15) is 4.79 Å². The van der Waals surface area contributed by atoms with Crippen molar-refractivity contribution in [1.82, 2.24) is 4.90 Å². The van der Waals surface area contributed by atoms with E-state index in [1.165, 1.54) is 5.56 Å². The van der Waals surface area contributed by atoms with Gasteiger partial charge in [0.1, 0.15) is 0 Å². The molecule has 28 heavy (non-hydrogen) atoms. The minimum absolute atomic E-state index is 0.0255. The highest BCUT2D eigenvalue weighted by atomic mass is 16.5. The zero-order valence-electron chi connectivity index (χ0n) is 17.1. The third-order valence-electron chi connectivity index (χ3n) is 5.75. The van der Waals surface area contributed by atoms with Gasteiger partial charge in [-0.1, -0.05) is 30.3 Å². The molecule has 1 saturated carbocycles. The van der Waals surface area contributed by atoms with Gasteiger partial charge in [-0.15, -0.1) is 0 Å². The van der Waals surface area contributed by atoms with Crippen LogP contribution in [0.5, 0.6) is 17.2 Å². The Bertz CT molecular complexity index is 772. The van der Waals surface area contributed by atoms with Crippen LogP contribution in [0.15, 0.2) is 42.5 Å². The van der Waals surface area contributed by atoms with E-state index in [2.05, 4.69) is 30.3 Å². The molecule has 1 aliphatic rings. The molecular formula is C23H29NO4. The van der Waals surface area contributed by atoms with Crippen molar-refractivity contribution >= 4 is 5.91 Å². The molecule has 3 rings (SSSR count). The Labute approximate surface area is 167 Å². The van der Waals surface area contributed by atoms with Crippen LogP contribution in [0.4, 0.5) is 0 Å². The summed E-state index contributed by atoms with van der Waals surface area (Å²) in [6, 6.07) is 14.3. The summed E-state index contributed by atoms with van der Waals surface area (Å²) in [4.78, 5) is 15.0. The summed E-state index contributed by atoms with van der Waals surface area (Å²) in [5.41, 5.74) is 1.95. The Morgan fingerprint density at radius 1 is 0.893 bits per heavy atom. The van der Waals surface area contributed by atoms with Gasteiger partial charge in [-0.3, -0.25) is 4.79 Å². The first-order valence-electron chi connectivity index (χ1n) is 9.71. The summed E-state index contributed by atoms with van der Waals surface area (Å²) < 4.78 is 16.1. The quantitative estimate of drug-likeness (QED) is 0.736. The molecule has 5 nitrogen and oxygen atoms in total. The van der Waals surface area contributed by atoms with E-state index in [0.29, 0.717) is 28.7 Å². The second-order valence-corrected chi connectivity index (χ2v) is 7.25. The van der Waals surface area contributed by atoms with Gasteiger partial charge in [-0.25, -0.2) is 0 Å².